The highest BCUT2D eigenvalue weighted by Crippen LogP contribution is 2.32. The van der Waals surface area contributed by atoms with Crippen LogP contribution in [0.15, 0.2) is 54.7 Å². The maximum absolute atomic E-state index is 11.5. The molecule has 3 aromatic rings. The van der Waals surface area contributed by atoms with E-state index in [1.807, 2.05) is 49.5 Å². The molecule has 30 heavy (non-hydrogen) atoms. The van der Waals surface area contributed by atoms with E-state index in [4.69, 9.17) is 5.73 Å². The van der Waals surface area contributed by atoms with Crippen LogP contribution < -0.4 is 5.73 Å². The lowest BCUT2D eigenvalue weighted by atomic mass is 9.84. The highest BCUT2D eigenvalue weighted by Gasteiger charge is 2.33. The predicted molar refractivity (Wildman–Crippen MR) is 120 cm³/mol. The molecule has 158 valence electrons. The number of carbonyl (C=O) groups is 1. The van der Waals surface area contributed by atoms with E-state index in [9.17, 15) is 9.90 Å². The number of aliphatic hydroxyl groups is 1. The number of hydrogen-bond donors (Lipinski definition) is 2. The van der Waals surface area contributed by atoms with Crippen molar-refractivity contribution in [3.8, 4) is 0 Å². The third-order valence-electron chi connectivity index (χ3n) is 6.52. The minimum Gasteiger partial charge on any atom is -0.385 e. The van der Waals surface area contributed by atoms with Crippen molar-refractivity contribution < 1.29 is 9.90 Å². The fraction of sp³-hybridized carbons (Fsp3) is 0.400. The Bertz CT molecular complexity index is 1020. The molecule has 2 aromatic carbocycles. The molecule has 4 rings (SSSR count). The number of carbonyl (C=O) groups excluding carboxylic acids is 1. The summed E-state index contributed by atoms with van der Waals surface area (Å²) in [5, 5.41) is 12.1. The third-order valence-corrected chi connectivity index (χ3v) is 6.52. The molecule has 0 unspecified atom stereocenters. The summed E-state index contributed by atoms with van der Waals surface area (Å²) in [7, 11) is 2.04. The van der Waals surface area contributed by atoms with Crippen LogP contribution in [0.2, 0.25) is 0 Å². The first-order chi connectivity index (χ1) is 14.5. The SMILES string of the molecule is Cn1cc(CCCCN2CCC(O)(c3ccccc3)CC2)c2cc(C(N)=O)ccc21. The highest BCUT2D eigenvalue weighted by molar-refractivity contribution is 5.98. The number of likely N-dealkylation sites (tertiary alicyclic amines) is 1. The van der Waals surface area contributed by atoms with E-state index in [-0.39, 0.29) is 5.91 Å². The van der Waals surface area contributed by atoms with Crippen LogP contribution >= 0.6 is 0 Å². The maximum atomic E-state index is 11.5. The average molecular weight is 406 g/mol. The quantitative estimate of drug-likeness (QED) is 0.590. The number of nitrogens with zero attached hydrogens (tertiary/aromatic N) is 2. The van der Waals surface area contributed by atoms with E-state index in [1.54, 1.807) is 6.07 Å². The number of hydrogen-bond acceptors (Lipinski definition) is 3. The minimum absolute atomic E-state index is 0.382. The zero-order valence-electron chi connectivity index (χ0n) is 17.7. The zero-order chi connectivity index (χ0) is 21.1. The number of fused-ring (bicyclic) bond motifs is 1. The molecule has 2 heterocycles. The zero-order valence-corrected chi connectivity index (χ0v) is 17.7. The van der Waals surface area contributed by atoms with Gasteiger partial charge in [-0.2, -0.15) is 0 Å². The molecule has 5 nitrogen and oxygen atoms in total. The van der Waals surface area contributed by atoms with Gasteiger partial charge in [0.2, 0.25) is 5.91 Å². The Morgan fingerprint density at radius 1 is 1.10 bits per heavy atom. The number of amides is 1. The molecular formula is C25H31N3O2. The Morgan fingerprint density at radius 3 is 2.53 bits per heavy atom. The van der Waals surface area contributed by atoms with Gasteiger partial charge in [-0.3, -0.25) is 4.79 Å². The van der Waals surface area contributed by atoms with Gasteiger partial charge in [-0.15, -0.1) is 0 Å². The van der Waals surface area contributed by atoms with Crippen LogP contribution in [0.3, 0.4) is 0 Å². The summed E-state index contributed by atoms with van der Waals surface area (Å²) in [6, 6.07) is 15.7. The van der Waals surface area contributed by atoms with Gasteiger partial charge in [-0.1, -0.05) is 30.3 Å². The van der Waals surface area contributed by atoms with Gasteiger partial charge in [0, 0.05) is 42.8 Å². The molecule has 1 amide bonds. The number of piperidine rings is 1. The monoisotopic (exact) mass is 405 g/mol. The molecular weight excluding hydrogens is 374 g/mol. The first-order valence-electron chi connectivity index (χ1n) is 10.8. The first kappa shape index (κ1) is 20.6. The molecule has 0 bridgehead atoms. The summed E-state index contributed by atoms with van der Waals surface area (Å²) in [6.07, 6.45) is 6.94. The molecule has 0 spiro atoms. The van der Waals surface area contributed by atoms with E-state index in [0.29, 0.717) is 5.56 Å². The molecule has 0 atom stereocenters. The van der Waals surface area contributed by atoms with Crippen LogP contribution in [0.1, 0.15) is 47.2 Å². The fourth-order valence-electron chi connectivity index (χ4n) is 4.66. The van der Waals surface area contributed by atoms with Gasteiger partial charge >= 0.3 is 0 Å². The van der Waals surface area contributed by atoms with E-state index in [1.165, 1.54) is 5.56 Å². The number of aryl methyl sites for hydroxylation is 2. The molecule has 0 saturated carbocycles. The second-order valence-electron chi connectivity index (χ2n) is 8.56. The summed E-state index contributed by atoms with van der Waals surface area (Å²) in [5.41, 5.74) is 8.78. The van der Waals surface area contributed by atoms with Crippen molar-refractivity contribution in [2.75, 3.05) is 19.6 Å². The van der Waals surface area contributed by atoms with Crippen molar-refractivity contribution >= 4 is 16.8 Å². The number of nitrogens with two attached hydrogens (primary N) is 1. The lowest BCUT2D eigenvalue weighted by Crippen LogP contribution is -2.42. The minimum atomic E-state index is -0.682. The molecule has 0 aliphatic carbocycles. The number of unbranched alkanes of at least 4 members (excludes halogenated alkanes) is 1. The molecule has 1 aliphatic rings. The Balaban J connectivity index is 1.29. The van der Waals surface area contributed by atoms with Crippen LogP contribution in [0.5, 0.6) is 0 Å². The second-order valence-corrected chi connectivity index (χ2v) is 8.56. The average Bonchev–Trinajstić information content (AvgIpc) is 3.08. The summed E-state index contributed by atoms with van der Waals surface area (Å²) in [5.74, 6) is -0.382. The maximum Gasteiger partial charge on any atom is 0.248 e. The number of aromatic nitrogens is 1. The molecule has 0 radical (unpaired) electrons. The number of primary amides is 1. The highest BCUT2D eigenvalue weighted by atomic mass is 16.3. The van der Waals surface area contributed by atoms with E-state index in [0.717, 1.165) is 68.2 Å². The predicted octanol–water partition coefficient (Wildman–Crippen LogP) is 3.58. The van der Waals surface area contributed by atoms with Crippen molar-refractivity contribution in [3.05, 3.63) is 71.4 Å². The van der Waals surface area contributed by atoms with Crippen molar-refractivity contribution in [1.82, 2.24) is 9.47 Å². The van der Waals surface area contributed by atoms with Gasteiger partial charge < -0.3 is 20.3 Å². The molecule has 3 N–H and O–H groups in total. The molecule has 1 aromatic heterocycles. The third kappa shape index (κ3) is 4.27. The Morgan fingerprint density at radius 2 is 1.83 bits per heavy atom. The van der Waals surface area contributed by atoms with Crippen molar-refractivity contribution in [2.24, 2.45) is 12.8 Å². The summed E-state index contributed by atoms with van der Waals surface area (Å²) in [4.78, 5) is 14.0. The van der Waals surface area contributed by atoms with Crippen LogP contribution in [0.25, 0.3) is 10.9 Å². The van der Waals surface area contributed by atoms with Gasteiger partial charge in [-0.05, 0) is 68.0 Å². The second kappa shape index (κ2) is 8.62. The summed E-state index contributed by atoms with van der Waals surface area (Å²) in [6.45, 7) is 2.92. The van der Waals surface area contributed by atoms with Crippen molar-refractivity contribution in [2.45, 2.75) is 37.7 Å². The van der Waals surface area contributed by atoms with E-state index in [2.05, 4.69) is 15.7 Å². The molecule has 1 saturated heterocycles. The Kier molecular flexibility index (Phi) is 5.93. The smallest absolute Gasteiger partial charge is 0.248 e. The van der Waals surface area contributed by atoms with Gasteiger partial charge in [-0.25, -0.2) is 0 Å². The number of rotatable bonds is 7. The largest absolute Gasteiger partial charge is 0.385 e. The summed E-state index contributed by atoms with van der Waals surface area (Å²) < 4.78 is 2.12. The lowest BCUT2D eigenvalue weighted by molar-refractivity contribution is -0.0260. The van der Waals surface area contributed by atoms with Gasteiger partial charge in [0.1, 0.15) is 0 Å². The van der Waals surface area contributed by atoms with Gasteiger partial charge in [0.25, 0.3) is 0 Å². The van der Waals surface area contributed by atoms with Crippen LogP contribution in [-0.4, -0.2) is 40.1 Å². The van der Waals surface area contributed by atoms with Gasteiger partial charge in [0.15, 0.2) is 0 Å². The van der Waals surface area contributed by atoms with Crippen LogP contribution in [-0.2, 0) is 19.1 Å². The Labute approximate surface area is 178 Å². The molecule has 5 heteroatoms. The molecule has 1 aliphatic heterocycles. The van der Waals surface area contributed by atoms with Crippen molar-refractivity contribution in [1.29, 1.82) is 0 Å². The van der Waals surface area contributed by atoms with Crippen LogP contribution in [0, 0.1) is 0 Å². The Hall–Kier alpha value is -2.63. The normalized spacial score (nSPS) is 16.7. The fourth-order valence-corrected chi connectivity index (χ4v) is 4.66. The van der Waals surface area contributed by atoms with E-state index < -0.39 is 5.60 Å². The standard InChI is InChI=1S/C25H31N3O2/c1-27-18-20(22-17-19(24(26)29)10-11-23(22)27)7-5-6-14-28-15-12-25(30,13-16-28)21-8-3-2-4-9-21/h2-4,8-11,17-18,30H,5-7,12-16H2,1H3,(H2,26,29). The number of benzene rings is 2. The topological polar surface area (TPSA) is 71.5 Å². The first-order valence-corrected chi connectivity index (χ1v) is 10.8. The van der Waals surface area contributed by atoms with Gasteiger partial charge in [0.05, 0.1) is 5.60 Å². The van der Waals surface area contributed by atoms with Crippen LogP contribution in [0.4, 0.5) is 0 Å². The van der Waals surface area contributed by atoms with E-state index >= 15 is 0 Å². The summed E-state index contributed by atoms with van der Waals surface area (Å²) >= 11 is 0. The molecule has 1 fully saturated rings. The van der Waals surface area contributed by atoms with Crippen molar-refractivity contribution in [3.63, 3.8) is 0 Å². The lowest BCUT2D eigenvalue weighted by Gasteiger charge is -2.38.